The van der Waals surface area contributed by atoms with Crippen LogP contribution in [0.4, 0.5) is 19.5 Å². The monoisotopic (exact) mass is 326 g/mol. The summed E-state index contributed by atoms with van der Waals surface area (Å²) < 4.78 is 12.4. The third kappa shape index (κ3) is 3.29. The molecular formula is C10H7FN6O4S. The molecule has 1 heterocycles. The first kappa shape index (κ1) is 15.2. The summed E-state index contributed by atoms with van der Waals surface area (Å²) in [5, 5.41) is 16.7. The minimum Gasteiger partial charge on any atom is -0.357 e. The Morgan fingerprint density at radius 3 is 2.50 bits per heavy atom. The number of hydrogen-bond donors (Lipinski definition) is 2. The van der Waals surface area contributed by atoms with Crippen LogP contribution in [0.1, 0.15) is 10.4 Å². The number of nitrogens with zero attached hydrogens (tertiary/aromatic N) is 4. The average Bonchev–Trinajstić information content (AvgIpc) is 3.01. The summed E-state index contributed by atoms with van der Waals surface area (Å²) in [6.45, 7) is 0. The molecule has 22 heavy (non-hydrogen) atoms. The molecule has 0 saturated carbocycles. The molecule has 10 nitrogen and oxygen atoms in total. The molecule has 0 atom stereocenters. The summed E-state index contributed by atoms with van der Waals surface area (Å²) in [6.07, 6.45) is 0. The van der Waals surface area contributed by atoms with Crippen molar-refractivity contribution in [1.29, 1.82) is 0 Å². The number of urea groups is 1. The van der Waals surface area contributed by atoms with Gasteiger partial charge in [0.15, 0.2) is 0 Å². The largest absolute Gasteiger partial charge is 0.452 e. The number of hydrazine groups is 1. The topological polar surface area (TPSA) is 130 Å². The molecule has 0 saturated heterocycles. The van der Waals surface area contributed by atoms with E-state index in [4.69, 9.17) is 0 Å². The Balaban J connectivity index is 2.24. The number of nitro groups is 1. The fourth-order valence-corrected chi connectivity index (χ4v) is 1.92. The predicted octanol–water partition coefficient (Wildman–Crippen LogP) is 1.51. The van der Waals surface area contributed by atoms with Crippen LogP contribution >= 0.6 is 11.3 Å². The quantitative estimate of drug-likeness (QED) is 0.494. The Kier molecular flexibility index (Phi) is 4.53. The molecular weight excluding hydrogens is 319 g/mol. The minimum atomic E-state index is -1.41. The Bertz CT molecular complexity index is 708. The molecule has 114 valence electrons. The lowest BCUT2D eigenvalue weighted by atomic mass is 10.2. The molecule has 2 aromatic rings. The van der Waals surface area contributed by atoms with Crippen LogP contribution in [0.2, 0.25) is 0 Å². The van der Waals surface area contributed by atoms with E-state index in [2.05, 4.69) is 15.6 Å². The second kappa shape index (κ2) is 6.53. The second-order valence-electron chi connectivity index (χ2n) is 3.66. The second-order valence-corrected chi connectivity index (χ2v) is 4.62. The predicted molar refractivity (Wildman–Crippen MR) is 72.4 cm³/mol. The molecule has 12 heteroatoms. The highest BCUT2D eigenvalue weighted by Gasteiger charge is 2.26. The van der Waals surface area contributed by atoms with Crippen LogP contribution < -0.4 is 11.0 Å². The van der Waals surface area contributed by atoms with Crippen LogP contribution in [0.5, 0.6) is 0 Å². The van der Waals surface area contributed by atoms with Gasteiger partial charge in [-0.1, -0.05) is 22.7 Å². The van der Waals surface area contributed by atoms with Crippen molar-refractivity contribution >= 4 is 33.5 Å². The number of halogens is 1. The van der Waals surface area contributed by atoms with Gasteiger partial charge in [-0.2, -0.15) is 10.5 Å². The number of carbonyl (C=O) groups is 2. The van der Waals surface area contributed by atoms with Crippen molar-refractivity contribution in [3.8, 4) is 0 Å². The lowest BCUT2D eigenvalue weighted by molar-refractivity contribution is -0.385. The summed E-state index contributed by atoms with van der Waals surface area (Å²) in [5.41, 5.74) is 3.06. The molecule has 0 aliphatic heterocycles. The number of rotatable bonds is 4. The number of nitrogens with one attached hydrogen (secondary N) is 2. The first-order valence-electron chi connectivity index (χ1n) is 5.57. The van der Waals surface area contributed by atoms with Gasteiger partial charge in [0, 0.05) is 16.9 Å². The smallest absolute Gasteiger partial charge is 0.357 e. The van der Waals surface area contributed by atoms with Crippen LogP contribution in [0.15, 0.2) is 30.3 Å². The van der Waals surface area contributed by atoms with Gasteiger partial charge in [-0.3, -0.25) is 10.2 Å². The lowest BCUT2D eigenvalue weighted by Gasteiger charge is -2.18. The number of imide groups is 1. The summed E-state index contributed by atoms with van der Waals surface area (Å²) in [5.74, 6) is -0.881. The van der Waals surface area contributed by atoms with Gasteiger partial charge in [0.1, 0.15) is 0 Å². The van der Waals surface area contributed by atoms with E-state index >= 15 is 0 Å². The SMILES string of the molecule is O=C(NF)N(Nc1nnc([N+](=O)[O-])s1)C(=O)c1ccccc1. The first-order valence-corrected chi connectivity index (χ1v) is 6.39. The third-order valence-corrected chi connectivity index (χ3v) is 3.07. The highest BCUT2D eigenvalue weighted by atomic mass is 32.1. The van der Waals surface area contributed by atoms with E-state index in [0.29, 0.717) is 16.3 Å². The number of anilines is 1. The van der Waals surface area contributed by atoms with Crippen LogP contribution in [0.25, 0.3) is 0 Å². The fourth-order valence-electron chi connectivity index (χ4n) is 1.38. The Hall–Kier alpha value is -3.15. The van der Waals surface area contributed by atoms with Crippen molar-refractivity contribution in [2.75, 3.05) is 5.43 Å². The number of benzene rings is 1. The number of hydrogen-bond acceptors (Lipinski definition) is 8. The number of aromatic nitrogens is 2. The van der Waals surface area contributed by atoms with E-state index in [1.54, 1.807) is 18.2 Å². The van der Waals surface area contributed by atoms with Crippen LogP contribution in [0, 0.1) is 10.1 Å². The molecule has 3 amide bonds. The van der Waals surface area contributed by atoms with E-state index in [0.717, 1.165) is 5.54 Å². The molecule has 2 N–H and O–H groups in total. The highest BCUT2D eigenvalue weighted by molar-refractivity contribution is 7.18. The summed E-state index contributed by atoms with van der Waals surface area (Å²) in [4.78, 5) is 33.3. The van der Waals surface area contributed by atoms with E-state index < -0.39 is 22.0 Å². The standard InChI is InChI=1S/C10H7FN6O4S/c11-12-9(19)16(7(18)6-4-2-1-3-5-6)15-8-13-14-10(22-8)17(20)21/h1-5H,(H,12,19)(H,13,15). The van der Waals surface area contributed by atoms with Gasteiger partial charge in [-0.25, -0.2) is 4.79 Å². The Labute approximate surface area is 125 Å². The molecule has 0 radical (unpaired) electrons. The maximum absolute atomic E-state index is 12.4. The zero-order valence-corrected chi connectivity index (χ0v) is 11.4. The number of amides is 3. The lowest BCUT2D eigenvalue weighted by Crippen LogP contribution is -2.45. The fraction of sp³-hybridized carbons (Fsp3) is 0. The molecule has 0 fully saturated rings. The summed E-state index contributed by atoms with van der Waals surface area (Å²) in [7, 11) is 0. The summed E-state index contributed by atoms with van der Waals surface area (Å²) >= 11 is 0.481. The van der Waals surface area contributed by atoms with E-state index in [1.165, 1.54) is 12.1 Å². The van der Waals surface area contributed by atoms with Gasteiger partial charge in [-0.15, -0.1) is 0 Å². The van der Waals surface area contributed by atoms with Gasteiger partial charge in [-0.05, 0) is 22.2 Å². The van der Waals surface area contributed by atoms with Gasteiger partial charge in [0.25, 0.3) is 11.0 Å². The zero-order valence-electron chi connectivity index (χ0n) is 10.6. The van der Waals surface area contributed by atoms with Crippen molar-refractivity contribution in [2.45, 2.75) is 0 Å². The van der Waals surface area contributed by atoms with Crippen LogP contribution in [-0.2, 0) is 0 Å². The maximum Gasteiger partial charge on any atom is 0.452 e. The van der Waals surface area contributed by atoms with Crippen LogP contribution in [-0.4, -0.2) is 32.1 Å². The zero-order chi connectivity index (χ0) is 16.1. The molecule has 0 unspecified atom stereocenters. The molecule has 2 rings (SSSR count). The molecule has 0 spiro atoms. The van der Waals surface area contributed by atoms with E-state index in [-0.39, 0.29) is 10.7 Å². The van der Waals surface area contributed by atoms with Gasteiger partial charge >= 0.3 is 11.2 Å². The maximum atomic E-state index is 12.4. The molecule has 1 aromatic carbocycles. The molecule has 0 aliphatic rings. The molecule has 0 aliphatic carbocycles. The minimum absolute atomic E-state index is 0.0950. The van der Waals surface area contributed by atoms with Crippen LogP contribution in [0.3, 0.4) is 0 Å². The van der Waals surface area contributed by atoms with Crippen molar-refractivity contribution in [2.24, 2.45) is 0 Å². The van der Waals surface area contributed by atoms with Crippen molar-refractivity contribution < 1.29 is 19.0 Å². The highest BCUT2D eigenvalue weighted by Crippen LogP contribution is 2.22. The van der Waals surface area contributed by atoms with Gasteiger partial charge < -0.3 is 10.1 Å². The van der Waals surface area contributed by atoms with Crippen molar-refractivity contribution in [3.05, 3.63) is 46.0 Å². The Morgan fingerprint density at radius 2 is 1.95 bits per heavy atom. The van der Waals surface area contributed by atoms with E-state index in [1.807, 2.05) is 0 Å². The first-order chi connectivity index (χ1) is 10.5. The van der Waals surface area contributed by atoms with E-state index in [9.17, 15) is 24.2 Å². The summed E-state index contributed by atoms with van der Waals surface area (Å²) in [6, 6.07) is 6.16. The molecule has 0 bridgehead atoms. The number of carbonyl (C=O) groups excluding carboxylic acids is 2. The molecule has 1 aromatic heterocycles. The average molecular weight is 326 g/mol. The van der Waals surface area contributed by atoms with Gasteiger partial charge in [0.05, 0.1) is 5.10 Å². The van der Waals surface area contributed by atoms with Gasteiger partial charge in [0.2, 0.25) is 0 Å². The Morgan fingerprint density at radius 1 is 1.27 bits per heavy atom. The van der Waals surface area contributed by atoms with Crippen molar-refractivity contribution in [1.82, 2.24) is 20.7 Å². The third-order valence-electron chi connectivity index (χ3n) is 2.29. The normalized spacial score (nSPS) is 9.86. The van der Waals surface area contributed by atoms with Crippen molar-refractivity contribution in [3.63, 3.8) is 0 Å².